The van der Waals surface area contributed by atoms with E-state index >= 15 is 0 Å². The Morgan fingerprint density at radius 1 is 0.365 bits per heavy atom. The zero-order chi connectivity index (χ0) is 61.9. The molecule has 0 bridgehead atoms. The van der Waals surface area contributed by atoms with Gasteiger partial charge in [0.25, 0.3) is 6.29 Å². The van der Waals surface area contributed by atoms with E-state index in [-0.39, 0.29) is 32.2 Å². The third-order valence-corrected chi connectivity index (χ3v) is 15.0. The van der Waals surface area contributed by atoms with Gasteiger partial charge in [-0.15, -0.1) is 0 Å². The number of esters is 2. The first-order chi connectivity index (χ1) is 41.6. The van der Waals surface area contributed by atoms with E-state index in [9.17, 15) is 19.5 Å². The summed E-state index contributed by atoms with van der Waals surface area (Å²) >= 11 is 0. The summed E-state index contributed by atoms with van der Waals surface area (Å²) in [6.07, 6.45) is 89.1. The second-order valence-electron chi connectivity index (χ2n) is 24.5. The Morgan fingerprint density at radius 3 is 1.00 bits per heavy atom. The first-order valence-electron chi connectivity index (χ1n) is 35.1. The Hall–Kier alpha value is -4.05. The van der Waals surface area contributed by atoms with E-state index in [0.717, 1.165) is 89.9 Å². The number of ether oxygens (including phenoxy) is 4. The summed E-state index contributed by atoms with van der Waals surface area (Å²) in [6.45, 7) is 4.77. The number of carboxylic acids is 1. The highest BCUT2D eigenvalue weighted by Gasteiger charge is 2.25. The molecule has 0 saturated carbocycles. The lowest BCUT2D eigenvalue weighted by atomic mass is 10.0. The monoisotopic (exact) mass is 1190 g/mol. The average molecular weight is 1190 g/mol. The third-order valence-electron chi connectivity index (χ3n) is 15.0. The van der Waals surface area contributed by atoms with Gasteiger partial charge in [-0.05, 0) is 103 Å². The lowest BCUT2D eigenvalue weighted by molar-refractivity contribution is -0.870. The predicted octanol–water partition coefficient (Wildman–Crippen LogP) is 21.8. The molecule has 1 N–H and O–H groups in total. The van der Waals surface area contributed by atoms with Gasteiger partial charge in [-0.25, -0.2) is 4.79 Å². The van der Waals surface area contributed by atoms with Crippen molar-refractivity contribution in [2.45, 2.75) is 309 Å². The van der Waals surface area contributed by atoms with Gasteiger partial charge in [-0.1, -0.05) is 290 Å². The molecule has 0 rings (SSSR count). The minimum atomic E-state index is -1.52. The Kier molecular flexibility index (Phi) is 62.8. The number of rotatable bonds is 64. The number of allylic oxidation sites excluding steroid dienone is 18. The molecule has 0 aliphatic rings. The van der Waals surface area contributed by atoms with Gasteiger partial charge < -0.3 is 28.5 Å². The molecule has 0 spiro atoms. The molecule has 0 aliphatic heterocycles. The van der Waals surface area contributed by atoms with E-state index in [1.54, 1.807) is 0 Å². The Labute approximate surface area is 524 Å². The minimum absolute atomic E-state index is 0.184. The van der Waals surface area contributed by atoms with Crippen molar-refractivity contribution in [1.29, 1.82) is 0 Å². The molecule has 2 atom stereocenters. The van der Waals surface area contributed by atoms with Crippen molar-refractivity contribution in [2.75, 3.05) is 47.5 Å². The number of likely N-dealkylation sites (N-methyl/N-ethyl adjacent to an activating group) is 1. The lowest BCUT2D eigenvalue weighted by Gasteiger charge is -2.25. The normalized spacial score (nSPS) is 13.4. The number of carbonyl (C=O) groups is 3. The van der Waals surface area contributed by atoms with Gasteiger partial charge in [0.05, 0.1) is 34.4 Å². The first kappa shape index (κ1) is 81.0. The molecule has 85 heavy (non-hydrogen) atoms. The fourth-order valence-electron chi connectivity index (χ4n) is 9.67. The molecule has 0 fully saturated rings. The van der Waals surface area contributed by atoms with Crippen LogP contribution >= 0.6 is 0 Å². The van der Waals surface area contributed by atoms with Crippen molar-refractivity contribution < 1.29 is 42.9 Å². The van der Waals surface area contributed by atoms with Crippen LogP contribution in [0.25, 0.3) is 0 Å². The summed E-state index contributed by atoms with van der Waals surface area (Å²) in [6, 6.07) is 0. The molecule has 2 unspecified atom stereocenters. The molecule has 0 aromatic heterocycles. The quantitative estimate of drug-likeness (QED) is 0.0211. The number of nitrogens with zero attached hydrogens (tertiary/aromatic N) is 1. The van der Waals surface area contributed by atoms with Gasteiger partial charge >= 0.3 is 17.9 Å². The van der Waals surface area contributed by atoms with Crippen LogP contribution in [0.3, 0.4) is 0 Å². The molecule has 0 aromatic carbocycles. The van der Waals surface area contributed by atoms with Crippen LogP contribution in [0.5, 0.6) is 0 Å². The number of carboxylic acid groups (broad SMARTS) is 1. The van der Waals surface area contributed by atoms with Crippen molar-refractivity contribution in [1.82, 2.24) is 0 Å². The highest BCUT2D eigenvalue weighted by molar-refractivity contribution is 5.71. The van der Waals surface area contributed by atoms with E-state index in [2.05, 4.69) is 123 Å². The summed E-state index contributed by atoms with van der Waals surface area (Å²) in [5, 5.41) is 9.75. The number of hydrogen-bond donors (Lipinski definition) is 1. The van der Waals surface area contributed by atoms with E-state index in [1.165, 1.54) is 180 Å². The maximum atomic E-state index is 12.9. The summed E-state index contributed by atoms with van der Waals surface area (Å²) in [4.78, 5) is 37.6. The largest absolute Gasteiger partial charge is 0.477 e. The van der Waals surface area contributed by atoms with Crippen molar-refractivity contribution in [3.8, 4) is 0 Å². The van der Waals surface area contributed by atoms with Gasteiger partial charge in [0.1, 0.15) is 13.2 Å². The molecule has 0 amide bonds. The van der Waals surface area contributed by atoms with Gasteiger partial charge in [0.15, 0.2) is 6.10 Å². The number of quaternary nitrogens is 1. The van der Waals surface area contributed by atoms with Gasteiger partial charge in [0.2, 0.25) is 0 Å². The zero-order valence-corrected chi connectivity index (χ0v) is 55.7. The van der Waals surface area contributed by atoms with Crippen LogP contribution < -0.4 is 0 Å². The van der Waals surface area contributed by atoms with E-state index < -0.39 is 24.3 Å². The van der Waals surface area contributed by atoms with Crippen molar-refractivity contribution >= 4 is 17.9 Å². The molecule has 0 saturated heterocycles. The summed E-state index contributed by atoms with van der Waals surface area (Å²) in [5.74, 6) is -2.00. The molecule has 488 valence electrons. The van der Waals surface area contributed by atoms with Crippen molar-refractivity contribution in [3.05, 3.63) is 109 Å². The van der Waals surface area contributed by atoms with Crippen LogP contribution in [0.15, 0.2) is 109 Å². The number of unbranched alkanes of at least 4 members (excludes halogenated alkanes) is 31. The van der Waals surface area contributed by atoms with E-state index in [4.69, 9.17) is 18.9 Å². The van der Waals surface area contributed by atoms with Gasteiger partial charge in [0, 0.05) is 12.8 Å². The molecule has 0 aromatic rings. The third kappa shape index (κ3) is 67.3. The second kappa shape index (κ2) is 65.9. The number of hydrogen-bond acceptors (Lipinski definition) is 7. The second-order valence-corrected chi connectivity index (χ2v) is 24.5. The van der Waals surface area contributed by atoms with Crippen LogP contribution in [0.1, 0.15) is 296 Å². The van der Waals surface area contributed by atoms with Crippen LogP contribution in [0.4, 0.5) is 0 Å². The lowest BCUT2D eigenvalue weighted by Crippen LogP contribution is -2.40. The molecule has 9 heteroatoms. The number of aliphatic carboxylic acids is 1. The number of carbonyl (C=O) groups excluding carboxylic acids is 2. The zero-order valence-electron chi connectivity index (χ0n) is 55.7. The fourth-order valence-corrected chi connectivity index (χ4v) is 9.67. The highest BCUT2D eigenvalue weighted by Crippen LogP contribution is 2.17. The predicted molar refractivity (Wildman–Crippen MR) is 364 cm³/mol. The summed E-state index contributed by atoms with van der Waals surface area (Å²) in [7, 11) is 5.98. The van der Waals surface area contributed by atoms with Gasteiger partial charge in [-0.3, -0.25) is 9.59 Å². The summed E-state index contributed by atoms with van der Waals surface area (Å²) < 4.78 is 23.0. The molecular weight excluding hydrogens is 1050 g/mol. The Morgan fingerprint density at radius 2 is 0.671 bits per heavy atom. The molecule has 9 nitrogen and oxygen atoms in total. The van der Waals surface area contributed by atoms with Crippen LogP contribution in [-0.2, 0) is 33.3 Å². The van der Waals surface area contributed by atoms with E-state index in [1.807, 2.05) is 21.1 Å². The van der Waals surface area contributed by atoms with Crippen molar-refractivity contribution in [2.24, 2.45) is 0 Å². The smallest absolute Gasteiger partial charge is 0.361 e. The Bertz CT molecular complexity index is 1760. The Balaban J connectivity index is 4.12. The van der Waals surface area contributed by atoms with E-state index in [0.29, 0.717) is 17.4 Å². The summed E-state index contributed by atoms with van der Waals surface area (Å²) in [5.41, 5.74) is 0. The van der Waals surface area contributed by atoms with Crippen LogP contribution in [-0.4, -0.2) is 87.4 Å². The fraction of sp³-hybridized carbons (Fsp3) is 0.724. The highest BCUT2D eigenvalue weighted by atomic mass is 16.7. The molecular formula is C76H132NO8+. The van der Waals surface area contributed by atoms with Crippen LogP contribution in [0.2, 0.25) is 0 Å². The maximum absolute atomic E-state index is 12.9. The SMILES string of the molecule is CC/C=C\C/C=C\C/C=C\C/C=C\C/C=C\C/C=C\CCCCCCCCCCCCCCCCCCC(=O)OC(COC(=O)CCCCCCCCCCCC/C=C\C/C=C\C/C=C\CCCCCCC)COC(OCC[N+](C)(C)C)C(=O)O. The van der Waals surface area contributed by atoms with Crippen molar-refractivity contribution in [3.63, 3.8) is 0 Å². The molecule has 0 aliphatic carbocycles. The molecule has 0 radical (unpaired) electrons. The standard InChI is InChI=1S/C76H131NO8/c1-6-8-10-12-14-16-18-20-22-24-26-28-30-32-33-34-35-36-37-38-39-40-41-43-45-47-49-51-53-55-57-59-61-63-65-67-74(79)85-72(71-84-76(75(80)81)82-69-68-77(3,4)5)70-83-73(78)66-64-62-60-58-56-54-52-50-48-46-44-42-31-29-27-25-23-21-19-17-15-13-11-9-7-2/h8,10,14,16,19-22,25-28,31-33,35-36,42,72,76H,6-7,9,11-13,15,17-18,23-24,29-30,34,37-41,43-71H2,1-5H3/p+1/b10-8-,16-14-,21-19-,22-20-,27-25-,28-26-,33-32-,36-35-,42-31-. The average Bonchev–Trinajstić information content (AvgIpc) is 3.48. The van der Waals surface area contributed by atoms with Gasteiger partial charge in [-0.2, -0.15) is 0 Å². The van der Waals surface area contributed by atoms with Crippen LogP contribution in [0, 0.1) is 0 Å². The maximum Gasteiger partial charge on any atom is 0.361 e. The first-order valence-corrected chi connectivity index (χ1v) is 35.1. The topological polar surface area (TPSA) is 108 Å². The molecule has 0 heterocycles. The minimum Gasteiger partial charge on any atom is -0.477 e.